The first-order valence-electron chi connectivity index (χ1n) is 8.67. The Balaban J connectivity index is 2.16. The van der Waals surface area contributed by atoms with Crippen molar-refractivity contribution < 1.29 is 33.7 Å². The highest BCUT2D eigenvalue weighted by Crippen LogP contribution is 2.71. The Morgan fingerprint density at radius 2 is 1.71 bits per heavy atom. The van der Waals surface area contributed by atoms with E-state index in [-0.39, 0.29) is 0 Å². The van der Waals surface area contributed by atoms with Crippen LogP contribution in [-0.4, -0.2) is 49.2 Å². The number of aliphatic hydroxyl groups is 1. The highest BCUT2D eigenvalue weighted by Gasteiger charge is 2.81. The van der Waals surface area contributed by atoms with E-state index in [0.717, 1.165) is 19.1 Å². The summed E-state index contributed by atoms with van der Waals surface area (Å²) in [7, 11) is 2.33. The maximum Gasteiger partial charge on any atom is 0.416 e. The predicted molar refractivity (Wildman–Crippen MR) is 102 cm³/mol. The molecule has 3 atom stereocenters. The zero-order chi connectivity index (χ0) is 21.0. The van der Waals surface area contributed by atoms with E-state index in [1.165, 1.54) is 0 Å². The number of carbonyl (C=O) groups excluding carboxylic acids is 3. The van der Waals surface area contributed by atoms with E-state index in [9.17, 15) is 19.5 Å². The molecular weight excluding hydrogens is 434 g/mol. The molecule has 0 aromatic heterocycles. The lowest BCUT2D eigenvalue weighted by atomic mass is 9.97. The van der Waals surface area contributed by atoms with E-state index >= 15 is 0 Å². The Kier molecular flexibility index (Phi) is 4.95. The number of ether oxygens (including phenoxy) is 3. The largest absolute Gasteiger partial charge is 0.468 e. The van der Waals surface area contributed by atoms with Crippen molar-refractivity contribution in [3.8, 4) is 0 Å². The van der Waals surface area contributed by atoms with Crippen molar-refractivity contribution in [3.63, 3.8) is 0 Å². The number of esters is 2. The van der Waals surface area contributed by atoms with Crippen molar-refractivity contribution >= 4 is 39.6 Å². The van der Waals surface area contributed by atoms with Gasteiger partial charge in [0.25, 0.3) is 0 Å². The minimum atomic E-state index is -1.73. The Morgan fingerprint density at radius 3 is 2.21 bits per heavy atom. The van der Waals surface area contributed by atoms with Gasteiger partial charge in [0.2, 0.25) is 0 Å². The number of anilines is 1. The van der Waals surface area contributed by atoms with Crippen molar-refractivity contribution in [2.75, 3.05) is 19.1 Å². The van der Waals surface area contributed by atoms with Crippen LogP contribution in [0.5, 0.6) is 0 Å². The van der Waals surface area contributed by atoms with Crippen molar-refractivity contribution in [2.24, 2.45) is 11.3 Å². The first-order valence-corrected chi connectivity index (χ1v) is 9.46. The van der Waals surface area contributed by atoms with Gasteiger partial charge in [-0.05, 0) is 44.5 Å². The van der Waals surface area contributed by atoms with Crippen LogP contribution in [0.1, 0.15) is 32.3 Å². The lowest BCUT2D eigenvalue weighted by molar-refractivity contribution is -0.163. The topological polar surface area (TPSA) is 102 Å². The molecule has 1 aromatic rings. The van der Waals surface area contributed by atoms with Gasteiger partial charge in [-0.15, -0.1) is 0 Å². The minimum absolute atomic E-state index is 0.362. The van der Waals surface area contributed by atoms with Gasteiger partial charge in [-0.25, -0.2) is 4.79 Å². The van der Waals surface area contributed by atoms with E-state index in [1.54, 1.807) is 39.0 Å². The SMILES string of the molecule is COC(=O)C1(C(=O)OC)[C@@H]2[C@H]1c1cc(Br)ccc1N(C(=O)OC(C)(C)C)[C@H]2O. The third-order valence-electron chi connectivity index (χ3n) is 5.07. The fourth-order valence-electron chi connectivity index (χ4n) is 4.02. The van der Waals surface area contributed by atoms with Crippen molar-refractivity contribution in [1.29, 1.82) is 0 Å². The van der Waals surface area contributed by atoms with Crippen LogP contribution in [0.3, 0.4) is 0 Å². The molecule has 3 rings (SSSR count). The second-order valence-electron chi connectivity index (χ2n) is 7.82. The first kappa shape index (κ1) is 20.6. The molecule has 1 heterocycles. The molecule has 1 aromatic carbocycles. The maximum atomic E-state index is 12.8. The minimum Gasteiger partial charge on any atom is -0.468 e. The van der Waals surface area contributed by atoms with E-state index in [2.05, 4.69) is 15.9 Å². The standard InChI is InChI=1S/C19H22BrNO7/c1-18(2,3)28-17(25)21-11-7-6-9(20)8-10(11)12-13(14(21)22)19(12,15(23)26-4)16(24)27-5/h6-8,12-14,22H,1-5H3/t12-,13-,14+/m1/s1. The van der Waals surface area contributed by atoms with E-state index in [0.29, 0.717) is 15.7 Å². The van der Waals surface area contributed by atoms with Crippen LogP contribution >= 0.6 is 15.9 Å². The van der Waals surface area contributed by atoms with Crippen LogP contribution in [-0.2, 0) is 23.8 Å². The van der Waals surface area contributed by atoms with Crippen molar-refractivity contribution in [1.82, 2.24) is 0 Å². The van der Waals surface area contributed by atoms with E-state index in [1.807, 2.05) is 0 Å². The lowest BCUT2D eigenvalue weighted by Crippen LogP contribution is -2.48. The number of amides is 1. The number of rotatable bonds is 2. The second-order valence-corrected chi connectivity index (χ2v) is 8.74. The molecule has 1 saturated carbocycles. The summed E-state index contributed by atoms with van der Waals surface area (Å²) in [5.74, 6) is -3.23. The molecule has 1 aliphatic carbocycles. The Hall–Kier alpha value is -2.13. The molecule has 28 heavy (non-hydrogen) atoms. The van der Waals surface area contributed by atoms with Crippen LogP contribution in [0.15, 0.2) is 22.7 Å². The highest BCUT2D eigenvalue weighted by molar-refractivity contribution is 9.10. The maximum absolute atomic E-state index is 12.8. The summed E-state index contributed by atoms with van der Waals surface area (Å²) < 4.78 is 15.9. The van der Waals surface area contributed by atoms with Gasteiger partial charge in [0.1, 0.15) is 11.8 Å². The molecule has 0 unspecified atom stereocenters. The van der Waals surface area contributed by atoms with Gasteiger partial charge in [-0.2, -0.15) is 0 Å². The van der Waals surface area contributed by atoms with Crippen LogP contribution in [0, 0.1) is 11.3 Å². The number of methoxy groups -OCH3 is 2. The zero-order valence-electron chi connectivity index (χ0n) is 16.2. The molecule has 0 radical (unpaired) electrons. The normalized spacial score (nSPS) is 24.5. The summed E-state index contributed by atoms with van der Waals surface area (Å²) in [5.41, 5.74) is -1.61. The summed E-state index contributed by atoms with van der Waals surface area (Å²) in [6, 6.07) is 5.04. The van der Waals surface area contributed by atoms with Gasteiger partial charge in [0.05, 0.1) is 19.9 Å². The third-order valence-corrected chi connectivity index (χ3v) is 5.57. The Morgan fingerprint density at radius 1 is 1.14 bits per heavy atom. The average Bonchev–Trinajstić information content (AvgIpc) is 3.31. The summed E-state index contributed by atoms with van der Waals surface area (Å²) >= 11 is 3.37. The van der Waals surface area contributed by atoms with Gasteiger partial charge in [-0.1, -0.05) is 15.9 Å². The number of fused-ring (bicyclic) bond motifs is 3. The molecule has 8 nitrogen and oxygen atoms in total. The number of halogens is 1. The number of hydrogen-bond acceptors (Lipinski definition) is 7. The molecule has 152 valence electrons. The molecule has 0 bridgehead atoms. The Bertz CT molecular complexity index is 831. The molecule has 2 aliphatic rings. The zero-order valence-corrected chi connectivity index (χ0v) is 17.8. The molecule has 1 fully saturated rings. The van der Waals surface area contributed by atoms with Crippen LogP contribution in [0.2, 0.25) is 0 Å². The van der Waals surface area contributed by atoms with E-state index < -0.39 is 47.1 Å². The quantitative estimate of drug-likeness (QED) is 0.415. The third kappa shape index (κ3) is 2.88. The number of nitrogens with zero attached hydrogens (tertiary/aromatic N) is 1. The van der Waals surface area contributed by atoms with Crippen LogP contribution in [0.25, 0.3) is 0 Å². The number of hydrogen-bond donors (Lipinski definition) is 1. The fraction of sp³-hybridized carbons (Fsp3) is 0.526. The van der Waals surface area contributed by atoms with E-state index in [4.69, 9.17) is 14.2 Å². The summed E-state index contributed by atoms with van der Waals surface area (Å²) in [6.07, 6.45) is -2.25. The molecule has 0 spiro atoms. The summed E-state index contributed by atoms with van der Waals surface area (Å²) in [4.78, 5) is 39.2. The smallest absolute Gasteiger partial charge is 0.416 e. The monoisotopic (exact) mass is 455 g/mol. The number of aliphatic hydroxyl groups excluding tert-OH is 1. The Labute approximate surface area is 170 Å². The van der Waals surface area contributed by atoms with Gasteiger partial charge in [0.15, 0.2) is 5.41 Å². The average molecular weight is 456 g/mol. The molecule has 1 aliphatic heterocycles. The molecule has 9 heteroatoms. The van der Waals surface area contributed by atoms with Crippen LogP contribution < -0.4 is 4.90 Å². The second kappa shape index (κ2) is 6.73. The van der Waals surface area contributed by atoms with Crippen molar-refractivity contribution in [2.45, 2.75) is 38.5 Å². The molecule has 1 amide bonds. The van der Waals surface area contributed by atoms with Crippen LogP contribution in [0.4, 0.5) is 10.5 Å². The van der Waals surface area contributed by atoms with Crippen molar-refractivity contribution in [3.05, 3.63) is 28.2 Å². The number of carbonyl (C=O) groups is 3. The highest BCUT2D eigenvalue weighted by atomic mass is 79.9. The van der Waals surface area contributed by atoms with Gasteiger partial charge >= 0.3 is 18.0 Å². The lowest BCUT2D eigenvalue weighted by Gasteiger charge is -2.34. The molecular formula is C19H22BrNO7. The molecule has 0 saturated heterocycles. The first-order chi connectivity index (χ1) is 13.0. The van der Waals surface area contributed by atoms with Gasteiger partial charge < -0.3 is 19.3 Å². The predicted octanol–water partition coefficient (Wildman–Crippen LogP) is 2.57. The fourth-order valence-corrected chi connectivity index (χ4v) is 4.40. The summed E-state index contributed by atoms with van der Waals surface area (Å²) in [5, 5.41) is 11.0. The summed E-state index contributed by atoms with van der Waals surface area (Å²) in [6.45, 7) is 5.12. The van der Waals surface area contributed by atoms with Gasteiger partial charge in [0, 0.05) is 16.3 Å². The van der Waals surface area contributed by atoms with Gasteiger partial charge in [-0.3, -0.25) is 14.5 Å². The number of benzene rings is 1. The molecule has 1 N–H and O–H groups in total.